The van der Waals surface area contributed by atoms with Crippen LogP contribution in [0.4, 0.5) is 5.69 Å². The maximum absolute atomic E-state index is 5.84. The Labute approximate surface area is 108 Å². The van der Waals surface area contributed by atoms with Crippen LogP contribution >= 0.6 is 0 Å². The first-order valence-corrected chi connectivity index (χ1v) is 6.11. The summed E-state index contributed by atoms with van der Waals surface area (Å²) >= 11 is 0. The van der Waals surface area contributed by atoms with Crippen molar-refractivity contribution in [1.29, 1.82) is 0 Å². The van der Waals surface area contributed by atoms with Crippen molar-refractivity contribution < 1.29 is 0 Å². The number of hydrogen-bond acceptors (Lipinski definition) is 3. The molecule has 4 nitrogen and oxygen atoms in total. The highest BCUT2D eigenvalue weighted by molar-refractivity contribution is 5.47. The second-order valence-electron chi connectivity index (χ2n) is 4.69. The standard InChI is InChI=1S/C14H20N4/c1-11(15)12-4-6-13(7-5-12)18(3)10-14-16-8-9-17(14)2/h4-9,11H,10,15H2,1-3H3/t11-/m1/s1. The molecule has 0 saturated carbocycles. The van der Waals surface area contributed by atoms with E-state index in [4.69, 9.17) is 5.73 Å². The number of benzene rings is 1. The average molecular weight is 244 g/mol. The Morgan fingerprint density at radius 2 is 2.00 bits per heavy atom. The minimum Gasteiger partial charge on any atom is -0.367 e. The van der Waals surface area contributed by atoms with Crippen LogP contribution in [0.1, 0.15) is 24.4 Å². The number of nitrogens with zero attached hydrogens (tertiary/aromatic N) is 3. The fourth-order valence-corrected chi connectivity index (χ4v) is 1.88. The summed E-state index contributed by atoms with van der Waals surface area (Å²) in [6.07, 6.45) is 3.78. The zero-order valence-corrected chi connectivity index (χ0v) is 11.2. The van der Waals surface area contributed by atoms with Crippen LogP contribution in [0.15, 0.2) is 36.7 Å². The van der Waals surface area contributed by atoms with Crippen molar-refractivity contribution in [3.63, 3.8) is 0 Å². The molecule has 0 fully saturated rings. The predicted octanol–water partition coefficient (Wildman–Crippen LogP) is 2.08. The molecule has 1 aromatic heterocycles. The van der Waals surface area contributed by atoms with Gasteiger partial charge in [-0.05, 0) is 24.6 Å². The molecule has 0 aliphatic heterocycles. The Kier molecular flexibility index (Phi) is 3.67. The maximum Gasteiger partial charge on any atom is 0.127 e. The number of anilines is 1. The predicted molar refractivity (Wildman–Crippen MR) is 74.4 cm³/mol. The molecule has 1 heterocycles. The molecule has 0 saturated heterocycles. The van der Waals surface area contributed by atoms with Crippen molar-refractivity contribution in [3.8, 4) is 0 Å². The van der Waals surface area contributed by atoms with Crippen molar-refractivity contribution >= 4 is 5.69 Å². The van der Waals surface area contributed by atoms with Gasteiger partial charge in [-0.25, -0.2) is 4.98 Å². The molecule has 0 unspecified atom stereocenters. The van der Waals surface area contributed by atoms with Gasteiger partial charge >= 0.3 is 0 Å². The zero-order chi connectivity index (χ0) is 13.1. The molecular formula is C14H20N4. The normalized spacial score (nSPS) is 12.4. The van der Waals surface area contributed by atoms with Crippen molar-refractivity contribution in [2.24, 2.45) is 12.8 Å². The lowest BCUT2D eigenvalue weighted by Crippen LogP contribution is -2.19. The van der Waals surface area contributed by atoms with E-state index in [0.717, 1.165) is 17.9 Å². The summed E-state index contributed by atoms with van der Waals surface area (Å²) in [7, 11) is 4.07. The molecule has 2 N–H and O–H groups in total. The fraction of sp³-hybridized carbons (Fsp3) is 0.357. The Hall–Kier alpha value is -1.81. The molecular weight excluding hydrogens is 224 g/mol. The van der Waals surface area contributed by atoms with Gasteiger partial charge in [0.1, 0.15) is 5.82 Å². The largest absolute Gasteiger partial charge is 0.367 e. The van der Waals surface area contributed by atoms with E-state index >= 15 is 0 Å². The molecule has 0 aliphatic rings. The third-order valence-corrected chi connectivity index (χ3v) is 3.16. The van der Waals surface area contributed by atoms with Gasteiger partial charge < -0.3 is 15.2 Å². The molecule has 96 valence electrons. The monoisotopic (exact) mass is 244 g/mol. The minimum absolute atomic E-state index is 0.0823. The second kappa shape index (κ2) is 5.23. The molecule has 0 radical (unpaired) electrons. The molecule has 2 aromatic rings. The summed E-state index contributed by atoms with van der Waals surface area (Å²) in [6.45, 7) is 2.79. The Balaban J connectivity index is 2.09. The van der Waals surface area contributed by atoms with Crippen LogP contribution in [0.5, 0.6) is 0 Å². The minimum atomic E-state index is 0.0823. The van der Waals surface area contributed by atoms with Crippen molar-refractivity contribution in [1.82, 2.24) is 9.55 Å². The van der Waals surface area contributed by atoms with Crippen molar-refractivity contribution in [3.05, 3.63) is 48.0 Å². The highest BCUT2D eigenvalue weighted by atomic mass is 15.2. The summed E-state index contributed by atoms with van der Waals surface area (Å²) in [5, 5.41) is 0. The highest BCUT2D eigenvalue weighted by Gasteiger charge is 2.06. The van der Waals surface area contributed by atoms with Gasteiger partial charge in [0, 0.05) is 38.2 Å². The van der Waals surface area contributed by atoms with Gasteiger partial charge in [-0.3, -0.25) is 0 Å². The summed E-state index contributed by atoms with van der Waals surface area (Å²) in [5.41, 5.74) is 8.17. The molecule has 1 atom stereocenters. The van der Waals surface area contributed by atoms with E-state index in [9.17, 15) is 0 Å². The van der Waals surface area contributed by atoms with E-state index in [1.54, 1.807) is 0 Å². The SMILES string of the molecule is C[C@@H](N)c1ccc(N(C)Cc2nccn2C)cc1. The van der Waals surface area contributed by atoms with Gasteiger partial charge in [-0.2, -0.15) is 0 Å². The number of nitrogens with two attached hydrogens (primary N) is 1. The van der Waals surface area contributed by atoms with Gasteiger partial charge in [0.2, 0.25) is 0 Å². The van der Waals surface area contributed by atoms with Crippen molar-refractivity contribution in [2.75, 3.05) is 11.9 Å². The van der Waals surface area contributed by atoms with Gasteiger partial charge in [-0.15, -0.1) is 0 Å². The first-order chi connectivity index (χ1) is 8.58. The van der Waals surface area contributed by atoms with E-state index in [1.807, 2.05) is 30.9 Å². The molecule has 2 rings (SSSR count). The fourth-order valence-electron chi connectivity index (χ4n) is 1.88. The van der Waals surface area contributed by atoms with Crippen LogP contribution in [0.25, 0.3) is 0 Å². The van der Waals surface area contributed by atoms with E-state index in [1.165, 1.54) is 5.69 Å². The molecule has 18 heavy (non-hydrogen) atoms. The van der Waals surface area contributed by atoms with E-state index in [0.29, 0.717) is 0 Å². The quantitative estimate of drug-likeness (QED) is 0.895. The summed E-state index contributed by atoms with van der Waals surface area (Å²) in [4.78, 5) is 6.50. The van der Waals surface area contributed by atoms with Crippen LogP contribution < -0.4 is 10.6 Å². The number of imidazole rings is 1. The smallest absolute Gasteiger partial charge is 0.127 e. The number of aryl methyl sites for hydroxylation is 1. The molecule has 0 aliphatic carbocycles. The zero-order valence-electron chi connectivity index (χ0n) is 11.2. The Bertz CT molecular complexity index is 499. The lowest BCUT2D eigenvalue weighted by Gasteiger charge is -2.19. The van der Waals surface area contributed by atoms with Gasteiger partial charge in [0.15, 0.2) is 0 Å². The maximum atomic E-state index is 5.84. The Morgan fingerprint density at radius 1 is 1.33 bits per heavy atom. The van der Waals surface area contributed by atoms with E-state index < -0.39 is 0 Å². The highest BCUT2D eigenvalue weighted by Crippen LogP contribution is 2.18. The van der Waals surface area contributed by atoms with Crippen LogP contribution in [0.3, 0.4) is 0 Å². The Morgan fingerprint density at radius 3 is 2.50 bits per heavy atom. The first kappa shape index (κ1) is 12.6. The van der Waals surface area contributed by atoms with E-state index in [2.05, 4.69) is 41.2 Å². The number of hydrogen-bond donors (Lipinski definition) is 1. The first-order valence-electron chi connectivity index (χ1n) is 6.11. The lowest BCUT2D eigenvalue weighted by molar-refractivity contribution is 0.761. The molecule has 0 amide bonds. The molecule has 1 aromatic carbocycles. The van der Waals surface area contributed by atoms with Gasteiger partial charge in [0.25, 0.3) is 0 Å². The van der Waals surface area contributed by atoms with Crippen molar-refractivity contribution in [2.45, 2.75) is 19.5 Å². The molecule has 0 spiro atoms. The topological polar surface area (TPSA) is 47.1 Å². The average Bonchev–Trinajstić information content (AvgIpc) is 2.75. The van der Waals surface area contributed by atoms with Crippen LogP contribution in [-0.2, 0) is 13.6 Å². The van der Waals surface area contributed by atoms with Crippen LogP contribution in [-0.4, -0.2) is 16.6 Å². The summed E-state index contributed by atoms with van der Waals surface area (Å²) in [6, 6.07) is 8.44. The van der Waals surface area contributed by atoms with Gasteiger partial charge in [-0.1, -0.05) is 12.1 Å². The van der Waals surface area contributed by atoms with Gasteiger partial charge in [0.05, 0.1) is 6.54 Å². The van der Waals surface area contributed by atoms with E-state index in [-0.39, 0.29) is 6.04 Å². The molecule has 4 heteroatoms. The summed E-state index contributed by atoms with van der Waals surface area (Å²) < 4.78 is 2.03. The third-order valence-electron chi connectivity index (χ3n) is 3.16. The summed E-state index contributed by atoms with van der Waals surface area (Å²) in [5.74, 6) is 1.05. The lowest BCUT2D eigenvalue weighted by atomic mass is 10.1. The molecule has 0 bridgehead atoms. The number of rotatable bonds is 4. The second-order valence-corrected chi connectivity index (χ2v) is 4.69. The van der Waals surface area contributed by atoms with Crippen LogP contribution in [0.2, 0.25) is 0 Å². The number of aromatic nitrogens is 2. The third kappa shape index (κ3) is 2.71. The van der Waals surface area contributed by atoms with Crippen LogP contribution in [0, 0.1) is 0 Å².